The zero-order valence-corrected chi connectivity index (χ0v) is 31.3. The molecule has 4 aliphatic rings. The maximum atomic E-state index is 14.6. The third-order valence-corrected chi connectivity index (χ3v) is 13.7. The van der Waals surface area contributed by atoms with E-state index in [-0.39, 0.29) is 42.9 Å². The van der Waals surface area contributed by atoms with Crippen LogP contribution in [0.2, 0.25) is 5.02 Å². The number of nitrogens with zero attached hydrogens (tertiary/aromatic N) is 2. The second-order valence-electron chi connectivity index (χ2n) is 15.1. The summed E-state index contributed by atoms with van der Waals surface area (Å²) in [7, 11) is -2.41. The van der Waals surface area contributed by atoms with Crippen molar-refractivity contribution in [1.29, 1.82) is 0 Å². The highest BCUT2D eigenvalue weighted by molar-refractivity contribution is 7.91. The van der Waals surface area contributed by atoms with E-state index in [4.69, 9.17) is 21.1 Å². The van der Waals surface area contributed by atoms with E-state index in [9.17, 15) is 27.2 Å². The fourth-order valence-corrected chi connectivity index (χ4v) is 9.15. The van der Waals surface area contributed by atoms with Crippen molar-refractivity contribution in [2.24, 2.45) is 11.3 Å². The van der Waals surface area contributed by atoms with Gasteiger partial charge in [0.25, 0.3) is 0 Å². The summed E-state index contributed by atoms with van der Waals surface area (Å²) >= 11 is 6.36. The van der Waals surface area contributed by atoms with Crippen LogP contribution < -0.4 is 19.5 Å². The number of Topliss-reactive ketones (excluding diaryl/α,β-unsaturated/α-hetero) is 1. The van der Waals surface area contributed by atoms with Crippen molar-refractivity contribution in [3.63, 3.8) is 0 Å². The minimum atomic E-state index is -3.95. The average Bonchev–Trinajstić information content (AvgIpc) is 4.00. The van der Waals surface area contributed by atoms with Crippen molar-refractivity contribution in [2.75, 3.05) is 19.0 Å². The first kappa shape index (κ1) is 37.1. The number of ketones is 1. The molecule has 0 spiro atoms. The lowest BCUT2D eigenvalue weighted by Gasteiger charge is -2.30. The van der Waals surface area contributed by atoms with E-state index in [2.05, 4.69) is 15.0 Å². The molecule has 5 atom stereocenters. The Morgan fingerprint density at radius 1 is 1.09 bits per heavy atom. The molecule has 1 saturated heterocycles. The van der Waals surface area contributed by atoms with Gasteiger partial charge < -0.3 is 19.7 Å². The average molecular weight is 767 g/mol. The topological polar surface area (TPSA) is 144 Å². The van der Waals surface area contributed by atoms with Crippen molar-refractivity contribution in [3.8, 4) is 11.6 Å². The molecule has 2 aromatic carbocycles. The zero-order valence-electron chi connectivity index (χ0n) is 29.8. The number of nitrogens with one attached hydrogen (secondary N) is 2. The number of allylic oxidation sites excluding steroid dienone is 2. The minimum absolute atomic E-state index is 0.0433. The number of fused-ring (bicyclic) bond motifs is 3. The number of hydrogen-bond acceptors (Lipinski definition) is 9. The number of methoxy groups -OCH3 is 1. The molecule has 0 unspecified atom stereocenters. The smallest absolute Gasteiger partial charge is 0.245 e. The number of rotatable bonds is 8. The van der Waals surface area contributed by atoms with Crippen LogP contribution in [-0.4, -0.2) is 72.5 Å². The highest BCUT2D eigenvalue weighted by Crippen LogP contribution is 2.57. The van der Waals surface area contributed by atoms with Crippen LogP contribution in [0.5, 0.6) is 11.6 Å². The molecule has 3 aromatic rings. The summed E-state index contributed by atoms with van der Waals surface area (Å²) in [4.78, 5) is 49.0. The van der Waals surface area contributed by atoms with Gasteiger partial charge in [-0.25, -0.2) is 17.8 Å². The lowest BCUT2D eigenvalue weighted by atomic mass is 9.91. The Hall–Kier alpha value is -4.23. The molecule has 2 N–H and O–H groups in total. The highest BCUT2D eigenvalue weighted by atomic mass is 35.5. The summed E-state index contributed by atoms with van der Waals surface area (Å²) in [6, 6.07) is 9.38. The predicted octanol–water partition coefficient (Wildman–Crippen LogP) is 6.35. The molecular weight excluding hydrogens is 723 g/mol. The van der Waals surface area contributed by atoms with Gasteiger partial charge in [0.1, 0.15) is 23.7 Å². The second kappa shape index (κ2) is 14.5. The van der Waals surface area contributed by atoms with Crippen LogP contribution in [-0.2, 0) is 24.4 Å². The Balaban J connectivity index is 1.22. The van der Waals surface area contributed by atoms with Crippen molar-refractivity contribution < 1.29 is 36.7 Å². The van der Waals surface area contributed by atoms with Crippen molar-refractivity contribution in [3.05, 3.63) is 71.7 Å². The number of anilines is 1. The number of hydrogen-bond donors (Lipinski definition) is 2. The van der Waals surface area contributed by atoms with Crippen LogP contribution in [0.3, 0.4) is 0 Å². The number of benzene rings is 2. The largest absolute Gasteiger partial charge is 0.494 e. The van der Waals surface area contributed by atoms with E-state index in [1.807, 2.05) is 12.2 Å². The minimum Gasteiger partial charge on any atom is -0.494 e. The van der Waals surface area contributed by atoms with Gasteiger partial charge in [-0.1, -0.05) is 42.7 Å². The lowest BCUT2D eigenvalue weighted by Crippen LogP contribution is -2.49. The molecule has 2 aliphatic heterocycles. The maximum Gasteiger partial charge on any atom is 0.245 e. The number of pyridine rings is 1. The lowest BCUT2D eigenvalue weighted by molar-refractivity contribution is -0.139. The normalized spacial score (nSPS) is 27.8. The fourth-order valence-electron chi connectivity index (χ4n) is 7.65. The van der Waals surface area contributed by atoms with Crippen LogP contribution in [0, 0.1) is 17.2 Å². The van der Waals surface area contributed by atoms with Crippen molar-refractivity contribution >= 4 is 55.7 Å². The van der Waals surface area contributed by atoms with Crippen LogP contribution in [0.4, 0.5) is 10.1 Å². The monoisotopic (exact) mass is 766 g/mol. The van der Waals surface area contributed by atoms with E-state index in [1.165, 1.54) is 30.3 Å². The summed E-state index contributed by atoms with van der Waals surface area (Å²) in [5, 5.41) is 4.99. The number of aromatic nitrogens is 1. The van der Waals surface area contributed by atoms with Crippen LogP contribution in [0.1, 0.15) is 71.1 Å². The van der Waals surface area contributed by atoms with Gasteiger partial charge >= 0.3 is 0 Å². The summed E-state index contributed by atoms with van der Waals surface area (Å²) in [5.41, 5.74) is -0.824. The highest BCUT2D eigenvalue weighted by Gasteiger charge is 2.62. The molecule has 2 aliphatic carbocycles. The molecule has 53 heavy (non-hydrogen) atoms. The summed E-state index contributed by atoms with van der Waals surface area (Å²) in [6.45, 7) is 1.65. The van der Waals surface area contributed by atoms with E-state index >= 15 is 0 Å². The predicted molar refractivity (Wildman–Crippen MR) is 199 cm³/mol. The number of ether oxygens (including phenoxy) is 2. The molecule has 11 nitrogen and oxygen atoms in total. The molecule has 1 aromatic heterocycles. The quantitative estimate of drug-likeness (QED) is 0.251. The van der Waals surface area contributed by atoms with Gasteiger partial charge in [-0.2, -0.15) is 0 Å². The first-order valence-electron chi connectivity index (χ1n) is 18.2. The molecule has 14 heteroatoms. The summed E-state index contributed by atoms with van der Waals surface area (Å²) < 4.78 is 53.8. The molecular formula is C39H44ClFN4O7S. The molecule has 2 saturated carbocycles. The Morgan fingerprint density at radius 3 is 2.66 bits per heavy atom. The molecule has 0 bridgehead atoms. The molecule has 3 fully saturated rings. The number of sulfonamides is 1. The van der Waals surface area contributed by atoms with Crippen molar-refractivity contribution in [2.45, 2.75) is 94.1 Å². The van der Waals surface area contributed by atoms with E-state index < -0.39 is 50.1 Å². The van der Waals surface area contributed by atoms with E-state index in [1.54, 1.807) is 37.3 Å². The Kier molecular flexibility index (Phi) is 10.2. The van der Waals surface area contributed by atoms with Gasteiger partial charge in [0.15, 0.2) is 5.78 Å². The van der Waals surface area contributed by atoms with Gasteiger partial charge in [0.05, 0.1) is 36.1 Å². The molecule has 3 heterocycles. The second-order valence-corrected chi connectivity index (χ2v) is 17.7. The van der Waals surface area contributed by atoms with Gasteiger partial charge in [-0.3, -0.25) is 19.1 Å². The zero-order chi connectivity index (χ0) is 37.5. The number of carbonyl (C=O) groups excluding carboxylic acids is 3. The van der Waals surface area contributed by atoms with Gasteiger partial charge in [0.2, 0.25) is 27.7 Å². The van der Waals surface area contributed by atoms with E-state index in [0.717, 1.165) is 24.6 Å². The SMILES string of the molecule is COc1cnc(O[C@@H]2C[C@H]3C(=O)C[C@]4(C(=O)NS(=O)(=O)C5(C)CC5)C[C@H]4/C=C\CCCCC[C@H](Nc4cccc(F)c4)C(=O)N3C2)c2cc(Cl)ccc12. The van der Waals surface area contributed by atoms with Crippen LogP contribution in [0.25, 0.3) is 10.8 Å². The first-order valence-corrected chi connectivity index (χ1v) is 20.1. The Morgan fingerprint density at radius 2 is 1.91 bits per heavy atom. The standard InChI is InChI=1S/C39H44ClFN4O7S/c1-38(15-16-38)53(49,50)44-37(48)39-20-24(39)9-6-4-3-5-7-12-31(43-27-11-8-10-26(41)18-27)36(47)45-23-28(19-32(45)33(46)21-39)52-35-30-17-25(40)13-14-29(30)34(51-2)22-42-35/h6,8-11,13-14,17-18,22,24,28,31-32,43H,3-5,7,12,15-16,19-21,23H2,1-2H3,(H,44,48)/b9-6-/t24-,28-,31+,32+,39-/m1/s1. The fraction of sp³-hybridized carbons (Fsp3) is 0.487. The summed E-state index contributed by atoms with van der Waals surface area (Å²) in [5.74, 6) is -1.38. The molecule has 2 amide bonds. The maximum absolute atomic E-state index is 14.6. The molecule has 7 rings (SSSR count). The van der Waals surface area contributed by atoms with Crippen molar-refractivity contribution in [1.82, 2.24) is 14.6 Å². The first-order chi connectivity index (χ1) is 25.3. The third-order valence-electron chi connectivity index (χ3n) is 11.3. The number of halogens is 2. The molecule has 282 valence electrons. The summed E-state index contributed by atoms with van der Waals surface area (Å²) in [6.07, 6.45) is 9.44. The molecule has 0 radical (unpaired) electrons. The van der Waals surface area contributed by atoms with E-state index in [0.29, 0.717) is 53.9 Å². The van der Waals surface area contributed by atoms with Gasteiger partial charge in [-0.15, -0.1) is 0 Å². The third kappa shape index (κ3) is 7.60. The van der Waals surface area contributed by atoms with Crippen LogP contribution in [0.15, 0.2) is 60.8 Å². The van der Waals surface area contributed by atoms with Gasteiger partial charge in [-0.05, 0) is 87.8 Å². The number of carbonyl (C=O) groups is 3. The Labute approximate surface area is 313 Å². The van der Waals surface area contributed by atoms with Crippen LogP contribution >= 0.6 is 11.6 Å². The Bertz CT molecular complexity index is 2080. The van der Waals surface area contributed by atoms with Gasteiger partial charge in [0, 0.05) is 34.3 Å². The number of amides is 2.